The van der Waals surface area contributed by atoms with E-state index in [0.29, 0.717) is 36.5 Å². The Morgan fingerprint density at radius 2 is 1.90 bits per heavy atom. The molecule has 0 radical (unpaired) electrons. The number of benzene rings is 2. The standard InChI is InChI=1S/C24H28FN3O2/c1-4-28(13-7-8-16(2)3)24(30)20-14-17(11-12-21(20)25)15-22-18-9-5-6-10-19(18)23(29)27-26-22/h5-6,9-12,14,16H,4,7-8,13,15H2,1-3H3,(H,27,29). The van der Waals surface area contributed by atoms with Gasteiger partial charge in [0.1, 0.15) is 5.82 Å². The highest BCUT2D eigenvalue weighted by atomic mass is 19.1. The second-order valence-electron chi connectivity index (χ2n) is 7.96. The molecule has 0 unspecified atom stereocenters. The van der Waals surface area contributed by atoms with E-state index in [0.717, 1.165) is 23.8 Å². The monoisotopic (exact) mass is 409 g/mol. The highest BCUT2D eigenvalue weighted by Crippen LogP contribution is 2.20. The molecule has 0 atom stereocenters. The van der Waals surface area contributed by atoms with E-state index in [-0.39, 0.29) is 17.0 Å². The first-order chi connectivity index (χ1) is 14.4. The fourth-order valence-corrected chi connectivity index (χ4v) is 3.61. The predicted octanol–water partition coefficient (Wildman–Crippen LogP) is 4.55. The SMILES string of the molecule is CCN(CCCC(C)C)C(=O)c1cc(Cc2n[nH]c(=O)c3ccccc23)ccc1F. The van der Waals surface area contributed by atoms with Crippen LogP contribution in [-0.2, 0) is 6.42 Å². The summed E-state index contributed by atoms with van der Waals surface area (Å²) in [7, 11) is 0. The highest BCUT2D eigenvalue weighted by Gasteiger charge is 2.19. The normalized spacial score (nSPS) is 11.2. The average molecular weight is 410 g/mol. The van der Waals surface area contributed by atoms with E-state index in [1.165, 1.54) is 6.07 Å². The lowest BCUT2D eigenvalue weighted by Crippen LogP contribution is -2.32. The number of aromatic amines is 1. The number of carbonyl (C=O) groups excluding carboxylic acids is 1. The van der Waals surface area contributed by atoms with Crippen molar-refractivity contribution in [2.24, 2.45) is 5.92 Å². The van der Waals surface area contributed by atoms with Crippen LogP contribution in [0.2, 0.25) is 0 Å². The van der Waals surface area contributed by atoms with Crippen molar-refractivity contribution in [1.82, 2.24) is 15.1 Å². The summed E-state index contributed by atoms with van der Waals surface area (Å²) in [5, 5.41) is 8.01. The van der Waals surface area contributed by atoms with Gasteiger partial charge < -0.3 is 4.90 Å². The number of amides is 1. The smallest absolute Gasteiger partial charge is 0.272 e. The zero-order valence-corrected chi connectivity index (χ0v) is 17.7. The van der Waals surface area contributed by atoms with Crippen LogP contribution in [0.5, 0.6) is 0 Å². The van der Waals surface area contributed by atoms with Gasteiger partial charge in [-0.25, -0.2) is 9.49 Å². The number of nitrogens with one attached hydrogen (secondary N) is 1. The third kappa shape index (κ3) is 4.93. The zero-order chi connectivity index (χ0) is 21.7. The minimum atomic E-state index is -0.523. The minimum Gasteiger partial charge on any atom is -0.339 e. The maximum absolute atomic E-state index is 14.5. The van der Waals surface area contributed by atoms with Crippen LogP contribution >= 0.6 is 0 Å². The molecule has 0 aliphatic heterocycles. The second-order valence-corrected chi connectivity index (χ2v) is 7.96. The summed E-state index contributed by atoms with van der Waals surface area (Å²) in [6.07, 6.45) is 2.31. The second kappa shape index (κ2) is 9.65. The maximum Gasteiger partial charge on any atom is 0.272 e. The van der Waals surface area contributed by atoms with Crippen molar-refractivity contribution in [3.05, 3.63) is 75.5 Å². The van der Waals surface area contributed by atoms with E-state index in [4.69, 9.17) is 0 Å². The van der Waals surface area contributed by atoms with Gasteiger partial charge in [-0.05, 0) is 49.4 Å². The van der Waals surface area contributed by atoms with Crippen molar-refractivity contribution >= 4 is 16.7 Å². The molecule has 158 valence electrons. The molecule has 30 heavy (non-hydrogen) atoms. The first-order valence-electron chi connectivity index (χ1n) is 10.4. The van der Waals surface area contributed by atoms with Gasteiger partial charge in [0, 0.05) is 24.9 Å². The summed E-state index contributed by atoms with van der Waals surface area (Å²) in [5.41, 5.74) is 1.28. The van der Waals surface area contributed by atoms with E-state index in [9.17, 15) is 14.0 Å². The molecular formula is C24H28FN3O2. The number of aromatic nitrogens is 2. The van der Waals surface area contributed by atoms with Crippen LogP contribution in [0, 0.1) is 11.7 Å². The Kier molecular flexibility index (Phi) is 6.98. The van der Waals surface area contributed by atoms with Crippen LogP contribution in [0.15, 0.2) is 47.3 Å². The minimum absolute atomic E-state index is 0.0765. The van der Waals surface area contributed by atoms with Crippen molar-refractivity contribution in [2.45, 2.75) is 40.0 Å². The molecule has 0 saturated heterocycles. The summed E-state index contributed by atoms with van der Waals surface area (Å²) < 4.78 is 14.5. The zero-order valence-electron chi connectivity index (χ0n) is 17.7. The van der Waals surface area contributed by atoms with E-state index in [1.54, 1.807) is 29.2 Å². The van der Waals surface area contributed by atoms with Crippen LogP contribution in [-0.4, -0.2) is 34.1 Å². The molecule has 1 N–H and O–H groups in total. The molecule has 0 saturated carbocycles. The fourth-order valence-electron chi connectivity index (χ4n) is 3.61. The fraction of sp³-hybridized carbons (Fsp3) is 0.375. The van der Waals surface area contributed by atoms with Crippen molar-refractivity contribution in [3.63, 3.8) is 0 Å². The first kappa shape index (κ1) is 21.7. The van der Waals surface area contributed by atoms with E-state index in [1.807, 2.05) is 19.1 Å². The molecule has 0 spiro atoms. The molecular weight excluding hydrogens is 381 g/mol. The van der Waals surface area contributed by atoms with E-state index < -0.39 is 5.82 Å². The van der Waals surface area contributed by atoms with Gasteiger partial charge in [-0.1, -0.05) is 38.1 Å². The van der Waals surface area contributed by atoms with Crippen molar-refractivity contribution in [3.8, 4) is 0 Å². The number of hydrogen-bond donors (Lipinski definition) is 1. The number of fused-ring (bicyclic) bond motifs is 1. The Morgan fingerprint density at radius 3 is 2.60 bits per heavy atom. The Labute approximate surface area is 175 Å². The van der Waals surface area contributed by atoms with Gasteiger partial charge >= 0.3 is 0 Å². The molecule has 6 heteroatoms. The maximum atomic E-state index is 14.5. The Morgan fingerprint density at radius 1 is 1.17 bits per heavy atom. The Hall–Kier alpha value is -3.02. The van der Waals surface area contributed by atoms with Crippen molar-refractivity contribution < 1.29 is 9.18 Å². The van der Waals surface area contributed by atoms with Gasteiger partial charge in [0.05, 0.1) is 16.6 Å². The third-order valence-corrected chi connectivity index (χ3v) is 5.29. The van der Waals surface area contributed by atoms with E-state index in [2.05, 4.69) is 24.0 Å². The molecule has 2 aromatic carbocycles. The first-order valence-corrected chi connectivity index (χ1v) is 10.4. The van der Waals surface area contributed by atoms with Gasteiger partial charge in [0.15, 0.2) is 0 Å². The van der Waals surface area contributed by atoms with Gasteiger partial charge in [-0.2, -0.15) is 5.10 Å². The van der Waals surface area contributed by atoms with Crippen molar-refractivity contribution in [1.29, 1.82) is 0 Å². The lowest BCUT2D eigenvalue weighted by atomic mass is 10.0. The Bertz CT molecular complexity index is 1090. The molecule has 0 aliphatic carbocycles. The van der Waals surface area contributed by atoms with E-state index >= 15 is 0 Å². The molecule has 0 aliphatic rings. The van der Waals surface area contributed by atoms with Gasteiger partial charge in [0.25, 0.3) is 11.5 Å². The molecule has 1 amide bonds. The third-order valence-electron chi connectivity index (χ3n) is 5.29. The quantitative estimate of drug-likeness (QED) is 0.593. The van der Waals surface area contributed by atoms with Crippen LogP contribution in [0.3, 0.4) is 0 Å². The van der Waals surface area contributed by atoms with Gasteiger partial charge in [-0.3, -0.25) is 9.59 Å². The van der Waals surface area contributed by atoms with Gasteiger partial charge in [0.2, 0.25) is 0 Å². The van der Waals surface area contributed by atoms with Crippen molar-refractivity contribution in [2.75, 3.05) is 13.1 Å². The number of carbonyl (C=O) groups is 1. The lowest BCUT2D eigenvalue weighted by molar-refractivity contribution is 0.0755. The largest absolute Gasteiger partial charge is 0.339 e. The number of hydrogen-bond acceptors (Lipinski definition) is 3. The molecule has 0 bridgehead atoms. The topological polar surface area (TPSA) is 66.1 Å². The molecule has 1 heterocycles. The van der Waals surface area contributed by atoms with Crippen LogP contribution in [0.4, 0.5) is 4.39 Å². The lowest BCUT2D eigenvalue weighted by Gasteiger charge is -2.22. The highest BCUT2D eigenvalue weighted by molar-refractivity contribution is 5.94. The number of halogens is 1. The average Bonchev–Trinajstić information content (AvgIpc) is 2.74. The molecule has 1 aromatic heterocycles. The van der Waals surface area contributed by atoms with Gasteiger partial charge in [-0.15, -0.1) is 0 Å². The summed E-state index contributed by atoms with van der Waals surface area (Å²) >= 11 is 0. The van der Waals surface area contributed by atoms with Crippen LogP contribution < -0.4 is 5.56 Å². The predicted molar refractivity (Wildman–Crippen MR) is 117 cm³/mol. The summed E-state index contributed by atoms with van der Waals surface area (Å²) in [4.78, 5) is 26.6. The summed E-state index contributed by atoms with van der Waals surface area (Å²) in [6.45, 7) is 7.35. The molecule has 3 rings (SSSR count). The number of rotatable bonds is 8. The number of nitrogens with zero attached hydrogens (tertiary/aromatic N) is 2. The number of H-pyrrole nitrogens is 1. The molecule has 5 nitrogen and oxygen atoms in total. The van der Waals surface area contributed by atoms with Crippen LogP contribution in [0.25, 0.3) is 10.8 Å². The molecule has 0 fully saturated rings. The Balaban J connectivity index is 1.86. The summed E-state index contributed by atoms with van der Waals surface area (Å²) in [6, 6.07) is 11.8. The summed E-state index contributed by atoms with van der Waals surface area (Å²) in [5.74, 6) is -0.247. The molecule has 3 aromatic rings. The van der Waals surface area contributed by atoms with Crippen LogP contribution in [0.1, 0.15) is 55.2 Å².